The first-order valence-corrected chi connectivity index (χ1v) is 5.97. The van der Waals surface area contributed by atoms with Crippen LogP contribution < -0.4 is 10.1 Å². The summed E-state index contributed by atoms with van der Waals surface area (Å²) in [5, 5.41) is 12.0. The van der Waals surface area contributed by atoms with Crippen molar-refractivity contribution >= 4 is 5.97 Å². The highest BCUT2D eigenvalue weighted by molar-refractivity contribution is 5.72. The van der Waals surface area contributed by atoms with Crippen LogP contribution in [0, 0.1) is 5.82 Å². The van der Waals surface area contributed by atoms with Crippen LogP contribution in [-0.2, 0) is 11.3 Å². The van der Waals surface area contributed by atoms with E-state index in [2.05, 4.69) is 5.32 Å². The zero-order chi connectivity index (χ0) is 13.1. The van der Waals surface area contributed by atoms with E-state index in [9.17, 15) is 9.18 Å². The molecule has 1 atom stereocenters. The Balaban J connectivity index is 2.02. The molecule has 1 aliphatic carbocycles. The lowest BCUT2D eigenvalue weighted by molar-refractivity contribution is -0.144. The Kier molecular flexibility index (Phi) is 3.81. The molecule has 1 fully saturated rings. The van der Waals surface area contributed by atoms with Gasteiger partial charge in [0.2, 0.25) is 0 Å². The fourth-order valence-corrected chi connectivity index (χ4v) is 1.60. The van der Waals surface area contributed by atoms with Crippen molar-refractivity contribution < 1.29 is 19.0 Å². The summed E-state index contributed by atoms with van der Waals surface area (Å²) in [4.78, 5) is 10.7. The van der Waals surface area contributed by atoms with Crippen molar-refractivity contribution in [3.8, 4) is 5.75 Å². The highest BCUT2D eigenvalue weighted by Gasteiger charge is 2.20. The van der Waals surface area contributed by atoms with Crippen LogP contribution in [-0.4, -0.2) is 23.2 Å². The van der Waals surface area contributed by atoms with Crippen molar-refractivity contribution in [1.82, 2.24) is 5.32 Å². The largest absolute Gasteiger partial charge is 0.479 e. The van der Waals surface area contributed by atoms with Crippen LogP contribution in [0.4, 0.5) is 4.39 Å². The number of carboxylic acid groups (broad SMARTS) is 1. The molecular weight excluding hydrogens is 237 g/mol. The summed E-state index contributed by atoms with van der Waals surface area (Å²) in [6.07, 6.45) is 1.33. The standard InChI is InChI=1S/C13H16FNO3/c1-8(13(16)17)18-12-5-9(4-10(14)6-12)7-15-11-2-3-11/h4-6,8,11,15H,2-3,7H2,1H3,(H,16,17). The molecule has 0 aliphatic heterocycles. The molecule has 4 nitrogen and oxygen atoms in total. The normalized spacial score (nSPS) is 16.3. The first kappa shape index (κ1) is 12.8. The molecule has 1 aromatic carbocycles. The van der Waals surface area contributed by atoms with Crippen LogP contribution in [0.1, 0.15) is 25.3 Å². The van der Waals surface area contributed by atoms with Gasteiger partial charge in [-0.1, -0.05) is 0 Å². The second-order valence-electron chi connectivity index (χ2n) is 4.55. The maximum absolute atomic E-state index is 13.4. The minimum atomic E-state index is -1.07. The molecule has 5 heteroatoms. The van der Waals surface area contributed by atoms with Crippen molar-refractivity contribution in [1.29, 1.82) is 0 Å². The molecule has 1 aliphatic rings. The van der Waals surface area contributed by atoms with Crippen molar-refractivity contribution in [2.75, 3.05) is 0 Å². The quantitative estimate of drug-likeness (QED) is 0.813. The summed E-state index contributed by atoms with van der Waals surface area (Å²) in [5.74, 6) is -1.24. The molecule has 0 saturated heterocycles. The zero-order valence-corrected chi connectivity index (χ0v) is 10.1. The fraction of sp³-hybridized carbons (Fsp3) is 0.462. The number of halogens is 1. The van der Waals surface area contributed by atoms with Crippen LogP contribution >= 0.6 is 0 Å². The summed E-state index contributed by atoms with van der Waals surface area (Å²) in [7, 11) is 0. The highest BCUT2D eigenvalue weighted by atomic mass is 19.1. The predicted molar refractivity (Wildman–Crippen MR) is 64.0 cm³/mol. The number of carboxylic acids is 1. The molecular formula is C13H16FNO3. The summed E-state index contributed by atoms with van der Waals surface area (Å²) in [5.41, 5.74) is 0.759. The second-order valence-corrected chi connectivity index (χ2v) is 4.55. The molecule has 1 unspecified atom stereocenters. The van der Waals surface area contributed by atoms with E-state index in [1.165, 1.54) is 19.1 Å². The Morgan fingerprint density at radius 1 is 1.56 bits per heavy atom. The van der Waals surface area contributed by atoms with Gasteiger partial charge >= 0.3 is 5.97 Å². The van der Waals surface area contributed by atoms with Crippen molar-refractivity contribution in [2.45, 2.75) is 38.5 Å². The first-order valence-electron chi connectivity index (χ1n) is 5.97. The van der Waals surface area contributed by atoms with Crippen molar-refractivity contribution in [3.63, 3.8) is 0 Å². The van der Waals surface area contributed by atoms with Gasteiger partial charge in [-0.25, -0.2) is 9.18 Å². The van der Waals surface area contributed by atoms with Gasteiger partial charge < -0.3 is 15.2 Å². The van der Waals surface area contributed by atoms with E-state index < -0.39 is 17.9 Å². The van der Waals surface area contributed by atoms with Gasteiger partial charge in [0, 0.05) is 18.7 Å². The summed E-state index contributed by atoms with van der Waals surface area (Å²) < 4.78 is 18.5. The molecule has 0 spiro atoms. The number of ether oxygens (including phenoxy) is 1. The van der Waals surface area contributed by atoms with Crippen LogP contribution in [0.25, 0.3) is 0 Å². The number of aliphatic carboxylic acids is 1. The highest BCUT2D eigenvalue weighted by Crippen LogP contribution is 2.21. The van der Waals surface area contributed by atoms with Gasteiger partial charge in [-0.15, -0.1) is 0 Å². The van der Waals surface area contributed by atoms with E-state index in [-0.39, 0.29) is 5.75 Å². The van der Waals surface area contributed by atoms with Gasteiger partial charge in [-0.05, 0) is 37.5 Å². The number of nitrogens with one attached hydrogen (secondary N) is 1. The topological polar surface area (TPSA) is 58.6 Å². The number of hydrogen-bond acceptors (Lipinski definition) is 3. The maximum atomic E-state index is 13.4. The number of benzene rings is 1. The third-order valence-electron chi connectivity index (χ3n) is 2.76. The Morgan fingerprint density at radius 3 is 2.89 bits per heavy atom. The number of rotatable bonds is 6. The predicted octanol–water partition coefficient (Wildman–Crippen LogP) is 1.93. The average molecular weight is 253 g/mol. The smallest absolute Gasteiger partial charge is 0.344 e. The van der Waals surface area contributed by atoms with Gasteiger partial charge in [0.05, 0.1) is 0 Å². The lowest BCUT2D eigenvalue weighted by Crippen LogP contribution is -2.23. The summed E-state index contributed by atoms with van der Waals surface area (Å²) in [6.45, 7) is 1.98. The third kappa shape index (κ3) is 3.70. The Morgan fingerprint density at radius 2 is 2.28 bits per heavy atom. The summed E-state index contributed by atoms with van der Waals surface area (Å²) in [6, 6.07) is 4.82. The van der Waals surface area contributed by atoms with E-state index in [1.54, 1.807) is 6.07 Å². The van der Waals surface area contributed by atoms with Crippen LogP contribution in [0.15, 0.2) is 18.2 Å². The van der Waals surface area contributed by atoms with Crippen LogP contribution in [0.2, 0.25) is 0 Å². The van der Waals surface area contributed by atoms with Crippen LogP contribution in [0.5, 0.6) is 5.75 Å². The molecule has 0 aromatic heterocycles. The molecule has 2 N–H and O–H groups in total. The molecule has 0 amide bonds. The maximum Gasteiger partial charge on any atom is 0.344 e. The molecule has 98 valence electrons. The molecule has 1 saturated carbocycles. The minimum Gasteiger partial charge on any atom is -0.479 e. The Hall–Kier alpha value is -1.62. The van der Waals surface area contributed by atoms with Gasteiger partial charge in [-0.3, -0.25) is 0 Å². The van der Waals surface area contributed by atoms with Gasteiger partial charge in [0.15, 0.2) is 6.10 Å². The first-order chi connectivity index (χ1) is 8.54. The lowest BCUT2D eigenvalue weighted by atomic mass is 10.2. The minimum absolute atomic E-state index is 0.248. The SMILES string of the molecule is CC(Oc1cc(F)cc(CNC2CC2)c1)C(=O)O. The molecule has 2 rings (SSSR count). The monoisotopic (exact) mass is 253 g/mol. The lowest BCUT2D eigenvalue weighted by Gasteiger charge is -2.12. The Labute approximate surface area is 105 Å². The Bertz CT molecular complexity index is 446. The summed E-state index contributed by atoms with van der Waals surface area (Å²) >= 11 is 0. The third-order valence-corrected chi connectivity index (χ3v) is 2.76. The molecule has 1 aromatic rings. The average Bonchev–Trinajstić information content (AvgIpc) is 3.09. The molecule has 0 radical (unpaired) electrons. The molecule has 0 bridgehead atoms. The fourth-order valence-electron chi connectivity index (χ4n) is 1.60. The number of hydrogen-bond donors (Lipinski definition) is 2. The number of carbonyl (C=O) groups is 1. The van der Waals surface area contributed by atoms with E-state index >= 15 is 0 Å². The molecule has 0 heterocycles. The van der Waals surface area contributed by atoms with Gasteiger partial charge in [0.1, 0.15) is 11.6 Å². The second kappa shape index (κ2) is 5.35. The van der Waals surface area contributed by atoms with Crippen molar-refractivity contribution in [2.24, 2.45) is 0 Å². The van der Waals surface area contributed by atoms with Gasteiger partial charge in [-0.2, -0.15) is 0 Å². The van der Waals surface area contributed by atoms with E-state index in [0.717, 1.165) is 18.4 Å². The van der Waals surface area contributed by atoms with Crippen molar-refractivity contribution in [3.05, 3.63) is 29.6 Å². The zero-order valence-electron chi connectivity index (χ0n) is 10.1. The van der Waals surface area contributed by atoms with Gasteiger partial charge in [0.25, 0.3) is 0 Å². The van der Waals surface area contributed by atoms with E-state index in [0.29, 0.717) is 12.6 Å². The van der Waals surface area contributed by atoms with Crippen LogP contribution in [0.3, 0.4) is 0 Å². The van der Waals surface area contributed by atoms with E-state index in [4.69, 9.17) is 9.84 Å². The van der Waals surface area contributed by atoms with E-state index in [1.807, 2.05) is 0 Å². The molecule has 18 heavy (non-hydrogen) atoms.